The summed E-state index contributed by atoms with van der Waals surface area (Å²) in [5.74, 6) is -1.57. The molecule has 0 saturated carbocycles. The van der Waals surface area contributed by atoms with E-state index in [1.54, 1.807) is 18.2 Å². The monoisotopic (exact) mass is 484 g/mol. The molecule has 190 valence electrons. The molecule has 0 aliphatic heterocycles. The zero-order chi connectivity index (χ0) is 26.1. The standard InChI is InChI=1S/C28H36O7/c1-7-8-23(33)35-21-10-9-16(11-22(21)34-6)24(25-17(29)12-27(2,3)13-18(25)30)26-19(31)14-28(4,5)15-20(26)32/h9-11,24,29,31H,7-8,12-15H2,1-6H3. The summed E-state index contributed by atoms with van der Waals surface area (Å²) in [7, 11) is 1.43. The zero-order valence-corrected chi connectivity index (χ0v) is 21.5. The predicted octanol–water partition coefficient (Wildman–Crippen LogP) is 5.89. The molecular weight excluding hydrogens is 448 g/mol. The minimum atomic E-state index is -0.962. The quantitative estimate of drug-likeness (QED) is 0.367. The van der Waals surface area contributed by atoms with Crippen molar-refractivity contribution in [2.24, 2.45) is 10.8 Å². The second-order valence-electron chi connectivity index (χ2n) is 11.2. The summed E-state index contributed by atoms with van der Waals surface area (Å²) >= 11 is 0. The largest absolute Gasteiger partial charge is 0.512 e. The third-order valence-electron chi connectivity index (χ3n) is 6.57. The Morgan fingerprint density at radius 1 is 0.914 bits per heavy atom. The van der Waals surface area contributed by atoms with Crippen molar-refractivity contribution in [1.82, 2.24) is 0 Å². The fourth-order valence-electron chi connectivity index (χ4n) is 5.06. The molecule has 2 aliphatic rings. The van der Waals surface area contributed by atoms with Gasteiger partial charge in [0.1, 0.15) is 11.5 Å². The number of rotatable bonds is 7. The van der Waals surface area contributed by atoms with Crippen LogP contribution in [-0.2, 0) is 14.4 Å². The molecule has 0 radical (unpaired) electrons. The van der Waals surface area contributed by atoms with Crippen LogP contribution in [0.3, 0.4) is 0 Å². The first-order valence-corrected chi connectivity index (χ1v) is 12.1. The van der Waals surface area contributed by atoms with Gasteiger partial charge in [0, 0.05) is 49.2 Å². The first kappa shape index (κ1) is 26.5. The van der Waals surface area contributed by atoms with Crippen molar-refractivity contribution in [3.05, 3.63) is 46.4 Å². The van der Waals surface area contributed by atoms with E-state index in [0.29, 0.717) is 12.0 Å². The molecule has 0 bridgehead atoms. The molecule has 35 heavy (non-hydrogen) atoms. The molecule has 2 N–H and O–H groups in total. The lowest BCUT2D eigenvalue weighted by Crippen LogP contribution is -2.33. The van der Waals surface area contributed by atoms with Gasteiger partial charge in [-0.05, 0) is 34.9 Å². The van der Waals surface area contributed by atoms with E-state index in [2.05, 4.69) is 0 Å². The number of benzene rings is 1. The van der Waals surface area contributed by atoms with Crippen LogP contribution in [0, 0.1) is 10.8 Å². The number of aliphatic hydroxyl groups is 2. The molecular formula is C28H36O7. The van der Waals surface area contributed by atoms with Gasteiger partial charge in [0.05, 0.1) is 7.11 Å². The molecule has 0 spiro atoms. The van der Waals surface area contributed by atoms with E-state index in [4.69, 9.17) is 9.47 Å². The maximum atomic E-state index is 13.3. The molecule has 0 fully saturated rings. The third-order valence-corrected chi connectivity index (χ3v) is 6.57. The lowest BCUT2D eigenvalue weighted by atomic mass is 9.67. The average Bonchev–Trinajstić information content (AvgIpc) is 2.70. The average molecular weight is 485 g/mol. The summed E-state index contributed by atoms with van der Waals surface area (Å²) in [6.45, 7) is 9.49. The highest BCUT2D eigenvalue weighted by atomic mass is 16.6. The molecule has 1 aromatic rings. The van der Waals surface area contributed by atoms with Gasteiger partial charge in [-0.15, -0.1) is 0 Å². The van der Waals surface area contributed by atoms with Gasteiger partial charge in [-0.2, -0.15) is 0 Å². The number of allylic oxidation sites excluding steroid dienone is 4. The van der Waals surface area contributed by atoms with Crippen molar-refractivity contribution in [3.63, 3.8) is 0 Å². The van der Waals surface area contributed by atoms with Gasteiger partial charge >= 0.3 is 5.97 Å². The van der Waals surface area contributed by atoms with Crippen molar-refractivity contribution >= 4 is 17.5 Å². The van der Waals surface area contributed by atoms with E-state index >= 15 is 0 Å². The zero-order valence-electron chi connectivity index (χ0n) is 21.5. The molecule has 0 amide bonds. The van der Waals surface area contributed by atoms with E-state index < -0.39 is 22.7 Å². The minimum absolute atomic E-state index is 0.0772. The molecule has 2 aliphatic carbocycles. The lowest BCUT2D eigenvalue weighted by molar-refractivity contribution is -0.134. The van der Waals surface area contributed by atoms with Crippen molar-refractivity contribution in [3.8, 4) is 11.5 Å². The van der Waals surface area contributed by atoms with Gasteiger partial charge in [0.15, 0.2) is 23.1 Å². The molecule has 1 aromatic carbocycles. The Morgan fingerprint density at radius 3 is 1.86 bits per heavy atom. The number of carbonyl (C=O) groups is 3. The molecule has 7 nitrogen and oxygen atoms in total. The van der Waals surface area contributed by atoms with Crippen LogP contribution in [-0.4, -0.2) is 34.9 Å². The van der Waals surface area contributed by atoms with Gasteiger partial charge in [-0.25, -0.2) is 0 Å². The first-order chi connectivity index (χ1) is 16.3. The minimum Gasteiger partial charge on any atom is -0.512 e. The predicted molar refractivity (Wildman–Crippen MR) is 132 cm³/mol. The molecule has 3 rings (SSSR count). The van der Waals surface area contributed by atoms with Crippen LogP contribution < -0.4 is 9.47 Å². The van der Waals surface area contributed by atoms with Crippen LogP contribution in [0.1, 0.15) is 84.6 Å². The Balaban J connectivity index is 2.20. The molecule has 0 heterocycles. The Kier molecular flexibility index (Phi) is 7.48. The van der Waals surface area contributed by atoms with E-state index in [0.717, 1.165) is 0 Å². The summed E-state index contributed by atoms with van der Waals surface area (Å²) in [5.41, 5.74) is -0.104. The molecule has 0 atom stereocenters. The van der Waals surface area contributed by atoms with Crippen LogP contribution in [0.25, 0.3) is 0 Å². The lowest BCUT2D eigenvalue weighted by Gasteiger charge is -2.36. The summed E-state index contributed by atoms with van der Waals surface area (Å²) in [5, 5.41) is 22.0. The second-order valence-corrected chi connectivity index (χ2v) is 11.2. The summed E-state index contributed by atoms with van der Waals surface area (Å²) in [6.07, 6.45) is 1.87. The number of hydrogen-bond acceptors (Lipinski definition) is 7. The van der Waals surface area contributed by atoms with Gasteiger partial charge in [0.2, 0.25) is 0 Å². The maximum absolute atomic E-state index is 13.3. The van der Waals surface area contributed by atoms with Crippen molar-refractivity contribution in [2.45, 2.75) is 79.1 Å². The number of carbonyl (C=O) groups excluding carboxylic acids is 3. The third kappa shape index (κ3) is 5.77. The number of Topliss-reactive ketones (excluding diaryl/α,β-unsaturated/α-hetero) is 2. The maximum Gasteiger partial charge on any atom is 0.311 e. The number of methoxy groups -OCH3 is 1. The highest BCUT2D eigenvalue weighted by molar-refractivity contribution is 6.05. The van der Waals surface area contributed by atoms with Gasteiger partial charge in [-0.1, -0.05) is 40.7 Å². The Labute approximate surface area is 206 Å². The van der Waals surface area contributed by atoms with E-state index in [1.165, 1.54) is 7.11 Å². The molecule has 0 saturated heterocycles. The van der Waals surface area contributed by atoms with Crippen LogP contribution in [0.5, 0.6) is 11.5 Å². The number of esters is 1. The topological polar surface area (TPSA) is 110 Å². The number of ether oxygens (including phenoxy) is 2. The number of hydrogen-bond donors (Lipinski definition) is 2. The van der Waals surface area contributed by atoms with Gasteiger partial charge in [-0.3, -0.25) is 14.4 Å². The second kappa shape index (κ2) is 9.88. The Bertz CT molecular complexity index is 1050. The fourth-order valence-corrected chi connectivity index (χ4v) is 5.06. The molecule has 0 unspecified atom stereocenters. The Morgan fingerprint density at radius 2 is 1.43 bits per heavy atom. The van der Waals surface area contributed by atoms with Crippen LogP contribution in [0.15, 0.2) is 40.9 Å². The van der Waals surface area contributed by atoms with Crippen molar-refractivity contribution in [2.75, 3.05) is 7.11 Å². The summed E-state index contributed by atoms with van der Waals surface area (Å²) in [4.78, 5) is 38.7. The van der Waals surface area contributed by atoms with E-state index in [-0.39, 0.29) is 77.8 Å². The summed E-state index contributed by atoms with van der Waals surface area (Å²) in [6, 6.07) is 4.79. The number of ketones is 2. The SMILES string of the molecule is CCCC(=O)Oc1ccc(C(C2=C(O)CC(C)(C)CC2=O)C2=C(O)CC(C)(C)CC2=O)cc1OC. The van der Waals surface area contributed by atoms with Crippen LogP contribution in [0.2, 0.25) is 0 Å². The van der Waals surface area contributed by atoms with E-state index in [9.17, 15) is 24.6 Å². The van der Waals surface area contributed by atoms with Crippen molar-refractivity contribution in [1.29, 1.82) is 0 Å². The summed E-state index contributed by atoms with van der Waals surface area (Å²) < 4.78 is 10.9. The van der Waals surface area contributed by atoms with E-state index in [1.807, 2.05) is 34.6 Å². The molecule has 7 heteroatoms. The normalized spacial score (nSPS) is 19.9. The Hall–Kier alpha value is -3.09. The van der Waals surface area contributed by atoms with Gasteiger partial charge < -0.3 is 19.7 Å². The van der Waals surface area contributed by atoms with Gasteiger partial charge in [0.25, 0.3) is 0 Å². The fraction of sp³-hybridized carbons (Fsp3) is 0.536. The van der Waals surface area contributed by atoms with Crippen molar-refractivity contribution < 1.29 is 34.1 Å². The first-order valence-electron chi connectivity index (χ1n) is 12.1. The molecule has 0 aromatic heterocycles. The van der Waals surface area contributed by atoms with Crippen LogP contribution in [0.4, 0.5) is 0 Å². The smallest absolute Gasteiger partial charge is 0.311 e. The highest BCUT2D eigenvalue weighted by Gasteiger charge is 2.43. The highest BCUT2D eigenvalue weighted by Crippen LogP contribution is 2.48. The number of aliphatic hydroxyl groups excluding tert-OH is 2. The van der Waals surface area contributed by atoms with Crippen LogP contribution >= 0.6 is 0 Å².